The van der Waals surface area contributed by atoms with Crippen molar-refractivity contribution >= 4 is 17.3 Å². The monoisotopic (exact) mass is 393 g/mol. The first kappa shape index (κ1) is 18.3. The molecule has 8 nitrogen and oxygen atoms in total. The Hall–Kier alpha value is -3.12. The molecule has 2 N–H and O–H groups in total. The van der Waals surface area contributed by atoms with E-state index in [0.29, 0.717) is 16.8 Å². The van der Waals surface area contributed by atoms with Gasteiger partial charge in [-0.25, -0.2) is 4.98 Å². The van der Waals surface area contributed by atoms with E-state index in [0.717, 1.165) is 43.6 Å². The number of hydrogen-bond acceptors (Lipinski definition) is 7. The molecule has 9 heteroatoms. The molecule has 0 bridgehead atoms. The Morgan fingerprint density at radius 2 is 2.07 bits per heavy atom. The van der Waals surface area contributed by atoms with Gasteiger partial charge in [-0.3, -0.25) is 5.10 Å². The van der Waals surface area contributed by atoms with Gasteiger partial charge in [0.25, 0.3) is 0 Å². The second-order valence-corrected chi connectivity index (χ2v) is 7.40. The Balaban J connectivity index is 1.51. The molecule has 0 amide bonds. The average molecular weight is 393 g/mol. The van der Waals surface area contributed by atoms with Crippen molar-refractivity contribution < 1.29 is 5.11 Å². The highest BCUT2D eigenvalue weighted by Gasteiger charge is 2.21. The predicted molar refractivity (Wildman–Crippen MR) is 105 cm³/mol. The molecule has 3 heterocycles. The normalized spacial score (nSPS) is 14.7. The number of nitrogens with zero attached hydrogens (tertiary/aromatic N) is 6. The second-order valence-electron chi connectivity index (χ2n) is 6.46. The zero-order valence-electron chi connectivity index (χ0n) is 15.2. The van der Waals surface area contributed by atoms with E-state index < -0.39 is 0 Å². The van der Waals surface area contributed by atoms with Gasteiger partial charge in [-0.05, 0) is 12.8 Å². The molecule has 0 saturated carbocycles. The van der Waals surface area contributed by atoms with Gasteiger partial charge >= 0.3 is 0 Å². The smallest absolute Gasteiger partial charge is 0.209 e. The number of aliphatic hydroxyl groups is 1. The molecule has 4 rings (SSSR count). The lowest BCUT2D eigenvalue weighted by atomic mass is 10.2. The summed E-state index contributed by atoms with van der Waals surface area (Å²) in [4.78, 5) is 4.43. The van der Waals surface area contributed by atoms with Crippen molar-refractivity contribution in [3.05, 3.63) is 47.7 Å². The van der Waals surface area contributed by atoms with E-state index in [1.165, 1.54) is 11.8 Å². The molecule has 1 aliphatic heterocycles. The van der Waals surface area contributed by atoms with Crippen molar-refractivity contribution in [2.75, 3.05) is 5.75 Å². The van der Waals surface area contributed by atoms with Gasteiger partial charge in [0, 0.05) is 18.5 Å². The molecule has 28 heavy (non-hydrogen) atoms. The number of rotatable bonds is 5. The van der Waals surface area contributed by atoms with Crippen LogP contribution in [-0.2, 0) is 13.0 Å². The highest BCUT2D eigenvalue weighted by molar-refractivity contribution is 7.99. The molecule has 0 aliphatic carbocycles. The molecule has 142 valence electrons. The van der Waals surface area contributed by atoms with Crippen LogP contribution in [0.25, 0.3) is 17.0 Å². The van der Waals surface area contributed by atoms with E-state index in [1.54, 1.807) is 0 Å². The molecule has 0 radical (unpaired) electrons. The molecule has 0 spiro atoms. The first-order valence-corrected chi connectivity index (χ1v) is 10.1. The molecule has 3 aromatic rings. The van der Waals surface area contributed by atoms with Crippen molar-refractivity contribution in [2.45, 2.75) is 37.4 Å². The Morgan fingerprint density at radius 1 is 1.21 bits per heavy atom. The highest BCUT2D eigenvalue weighted by Crippen LogP contribution is 2.25. The molecule has 0 atom stereocenters. The molecule has 0 saturated heterocycles. The van der Waals surface area contributed by atoms with Crippen molar-refractivity contribution in [2.24, 2.45) is 0 Å². The molecular weight excluding hydrogens is 374 g/mol. The van der Waals surface area contributed by atoms with E-state index >= 15 is 0 Å². The van der Waals surface area contributed by atoms with Crippen LogP contribution in [-0.4, -0.2) is 40.8 Å². The first-order valence-electron chi connectivity index (χ1n) is 9.11. The summed E-state index contributed by atoms with van der Waals surface area (Å²) >= 11 is 1.26. The Morgan fingerprint density at radius 3 is 2.89 bits per heavy atom. The first-order chi connectivity index (χ1) is 13.8. The van der Waals surface area contributed by atoms with Crippen LogP contribution in [0.5, 0.6) is 0 Å². The molecular formula is C19H19N7OS. The van der Waals surface area contributed by atoms with E-state index in [9.17, 15) is 10.4 Å². The number of aryl methyl sites for hydroxylation is 1. The number of aromatic amines is 1. The van der Waals surface area contributed by atoms with Crippen LogP contribution in [0.2, 0.25) is 0 Å². The number of H-pyrrole nitrogens is 1. The molecule has 2 aromatic heterocycles. The summed E-state index contributed by atoms with van der Waals surface area (Å²) in [6, 6.07) is 11.8. The quantitative estimate of drug-likeness (QED) is 0.388. The largest absolute Gasteiger partial charge is 0.510 e. The van der Waals surface area contributed by atoms with Crippen LogP contribution in [0.4, 0.5) is 0 Å². The van der Waals surface area contributed by atoms with Crippen molar-refractivity contribution in [1.29, 1.82) is 5.26 Å². The van der Waals surface area contributed by atoms with Gasteiger partial charge in [-0.1, -0.05) is 48.5 Å². The van der Waals surface area contributed by atoms with Gasteiger partial charge in [-0.15, -0.1) is 15.3 Å². The Bertz CT molecular complexity index is 1030. The van der Waals surface area contributed by atoms with Gasteiger partial charge in [0.1, 0.15) is 23.2 Å². The van der Waals surface area contributed by atoms with Crippen LogP contribution in [0.3, 0.4) is 0 Å². The summed E-state index contributed by atoms with van der Waals surface area (Å²) < 4.78 is 1.95. The summed E-state index contributed by atoms with van der Waals surface area (Å²) in [7, 11) is 0. The zero-order valence-corrected chi connectivity index (χ0v) is 16.0. The average Bonchev–Trinajstić information content (AvgIpc) is 3.29. The maximum Gasteiger partial charge on any atom is 0.209 e. The maximum absolute atomic E-state index is 10.5. The molecule has 1 aliphatic rings. The number of fused-ring (bicyclic) bond motifs is 1. The van der Waals surface area contributed by atoms with E-state index in [2.05, 4.69) is 31.4 Å². The third-order valence-electron chi connectivity index (χ3n) is 4.58. The summed E-state index contributed by atoms with van der Waals surface area (Å²) in [5, 5.41) is 36.0. The van der Waals surface area contributed by atoms with Crippen LogP contribution >= 0.6 is 11.8 Å². The summed E-state index contributed by atoms with van der Waals surface area (Å²) in [5.74, 6) is 2.12. The third kappa shape index (κ3) is 3.77. The Kier molecular flexibility index (Phi) is 5.39. The van der Waals surface area contributed by atoms with Crippen LogP contribution in [0.15, 0.2) is 41.2 Å². The van der Waals surface area contributed by atoms with Gasteiger partial charge in [0.2, 0.25) is 5.16 Å². The number of allylic oxidation sites excluding steroid dienone is 1. The second kappa shape index (κ2) is 8.27. The molecule has 0 fully saturated rings. The van der Waals surface area contributed by atoms with Crippen molar-refractivity contribution in [3.8, 4) is 17.5 Å². The van der Waals surface area contributed by atoms with Gasteiger partial charge in [0.05, 0.1) is 5.75 Å². The maximum atomic E-state index is 10.5. The minimum Gasteiger partial charge on any atom is -0.510 e. The van der Waals surface area contributed by atoms with Crippen LogP contribution in [0, 0.1) is 11.3 Å². The van der Waals surface area contributed by atoms with Crippen LogP contribution < -0.4 is 0 Å². The number of nitrogens with one attached hydrogen (secondary N) is 1. The lowest BCUT2D eigenvalue weighted by Gasteiger charge is -2.07. The molecule has 1 aromatic carbocycles. The third-order valence-corrected chi connectivity index (χ3v) is 5.44. The fraction of sp³-hybridized carbons (Fsp3) is 0.316. The number of aliphatic hydroxyl groups excluding tert-OH is 1. The van der Waals surface area contributed by atoms with Crippen molar-refractivity contribution in [1.82, 2.24) is 29.9 Å². The Labute approximate surface area is 166 Å². The minimum absolute atomic E-state index is 0.0435. The van der Waals surface area contributed by atoms with Crippen LogP contribution in [0.1, 0.15) is 30.9 Å². The number of aromatic nitrogens is 6. The number of hydrogen-bond donors (Lipinski definition) is 2. The van der Waals surface area contributed by atoms with Gasteiger partial charge in [-0.2, -0.15) is 5.26 Å². The topological polar surface area (TPSA) is 116 Å². The predicted octanol–water partition coefficient (Wildman–Crippen LogP) is 3.37. The van der Waals surface area contributed by atoms with Gasteiger partial charge < -0.3 is 9.67 Å². The number of thioether (sulfide) groups is 1. The summed E-state index contributed by atoms with van der Waals surface area (Å²) in [6.07, 6.45) is 4.07. The summed E-state index contributed by atoms with van der Waals surface area (Å²) in [5.41, 5.74) is 1.09. The zero-order chi connectivity index (χ0) is 19.3. The lowest BCUT2D eigenvalue weighted by molar-refractivity contribution is 0.420. The number of nitriles is 1. The van der Waals surface area contributed by atoms with Crippen molar-refractivity contribution in [3.63, 3.8) is 0 Å². The van der Waals surface area contributed by atoms with E-state index in [-0.39, 0.29) is 17.1 Å². The van der Waals surface area contributed by atoms with E-state index in [1.807, 2.05) is 34.9 Å². The lowest BCUT2D eigenvalue weighted by Crippen LogP contribution is -2.07. The summed E-state index contributed by atoms with van der Waals surface area (Å²) in [6.45, 7) is 0.768. The number of benzene rings is 1. The fourth-order valence-corrected chi connectivity index (χ4v) is 3.83. The minimum atomic E-state index is -0.0435. The SMILES string of the molecule is N#C/C(=C(/O)CSc1n[nH]c(-c2ccccc2)n1)c1nnc2n1CCCCC2. The standard InChI is InChI=1S/C19H19N7OS/c20-11-14(18-24-22-16-9-5-2-6-10-26(16)18)15(27)12-28-19-21-17(23-25-19)13-7-3-1-4-8-13/h1,3-4,7-8,27H,2,5-6,9-10,12H2,(H,21,23,25)/b15-14-. The van der Waals surface area contributed by atoms with Gasteiger partial charge in [0.15, 0.2) is 11.6 Å². The fourth-order valence-electron chi connectivity index (χ4n) is 3.15. The highest BCUT2D eigenvalue weighted by atomic mass is 32.2. The molecule has 0 unspecified atom stereocenters. The van der Waals surface area contributed by atoms with E-state index in [4.69, 9.17) is 0 Å².